The zero-order valence-corrected chi connectivity index (χ0v) is 9.80. The predicted molar refractivity (Wildman–Crippen MR) is 61.6 cm³/mol. The standard InChI is InChI=1S/C11H15N3O3/c1-4-5-8(11(16)17)12-10(15)9-6-7(2)13-14(9)3/h4,6,8H,1,5H2,2-3H3,(H,12,15)(H,16,17). The molecule has 0 aliphatic rings. The van der Waals surface area contributed by atoms with Crippen molar-refractivity contribution >= 4 is 11.9 Å². The van der Waals surface area contributed by atoms with Gasteiger partial charge in [0.15, 0.2) is 0 Å². The fourth-order valence-electron chi connectivity index (χ4n) is 1.44. The van der Waals surface area contributed by atoms with Crippen LogP contribution in [0.2, 0.25) is 0 Å². The maximum atomic E-state index is 11.8. The number of nitrogens with one attached hydrogen (secondary N) is 1. The third kappa shape index (κ3) is 3.17. The van der Waals surface area contributed by atoms with Crippen LogP contribution in [0.5, 0.6) is 0 Å². The minimum atomic E-state index is -1.09. The van der Waals surface area contributed by atoms with Gasteiger partial charge in [0.05, 0.1) is 5.69 Å². The van der Waals surface area contributed by atoms with E-state index in [1.165, 1.54) is 10.8 Å². The van der Waals surface area contributed by atoms with Crippen molar-refractivity contribution in [2.24, 2.45) is 7.05 Å². The molecule has 17 heavy (non-hydrogen) atoms. The van der Waals surface area contributed by atoms with E-state index in [4.69, 9.17) is 5.11 Å². The van der Waals surface area contributed by atoms with E-state index in [9.17, 15) is 9.59 Å². The van der Waals surface area contributed by atoms with Crippen LogP contribution in [-0.2, 0) is 11.8 Å². The highest BCUT2D eigenvalue weighted by atomic mass is 16.4. The molecule has 0 aliphatic carbocycles. The Morgan fingerprint density at radius 2 is 2.35 bits per heavy atom. The molecule has 1 rings (SSSR count). The van der Waals surface area contributed by atoms with Gasteiger partial charge in [-0.05, 0) is 19.4 Å². The first kappa shape index (κ1) is 13.0. The molecule has 0 spiro atoms. The topological polar surface area (TPSA) is 84.2 Å². The van der Waals surface area contributed by atoms with Crippen molar-refractivity contribution in [1.29, 1.82) is 0 Å². The maximum absolute atomic E-state index is 11.8. The van der Waals surface area contributed by atoms with Gasteiger partial charge in [0, 0.05) is 7.05 Å². The first-order valence-corrected chi connectivity index (χ1v) is 5.11. The number of carbonyl (C=O) groups is 2. The number of aryl methyl sites for hydroxylation is 2. The third-order valence-corrected chi connectivity index (χ3v) is 2.24. The molecule has 1 atom stereocenters. The summed E-state index contributed by atoms with van der Waals surface area (Å²) in [7, 11) is 1.63. The third-order valence-electron chi connectivity index (χ3n) is 2.24. The van der Waals surface area contributed by atoms with Crippen molar-refractivity contribution in [3.63, 3.8) is 0 Å². The van der Waals surface area contributed by atoms with Gasteiger partial charge in [0.25, 0.3) is 5.91 Å². The zero-order valence-electron chi connectivity index (χ0n) is 9.80. The Morgan fingerprint density at radius 3 is 2.76 bits per heavy atom. The van der Waals surface area contributed by atoms with Crippen LogP contribution in [0.15, 0.2) is 18.7 Å². The normalized spacial score (nSPS) is 11.9. The highest BCUT2D eigenvalue weighted by Gasteiger charge is 2.21. The average molecular weight is 237 g/mol. The molecule has 0 fully saturated rings. The van der Waals surface area contributed by atoms with Gasteiger partial charge >= 0.3 is 5.97 Å². The van der Waals surface area contributed by atoms with E-state index in [1.54, 1.807) is 20.0 Å². The first-order chi connectivity index (χ1) is 7.95. The van der Waals surface area contributed by atoms with Crippen LogP contribution < -0.4 is 5.32 Å². The second-order valence-electron chi connectivity index (χ2n) is 3.68. The number of carboxylic acids is 1. The van der Waals surface area contributed by atoms with Crippen molar-refractivity contribution < 1.29 is 14.7 Å². The number of carboxylic acid groups (broad SMARTS) is 1. The van der Waals surface area contributed by atoms with E-state index in [0.717, 1.165) is 0 Å². The van der Waals surface area contributed by atoms with E-state index >= 15 is 0 Å². The lowest BCUT2D eigenvalue weighted by molar-refractivity contribution is -0.139. The molecular weight excluding hydrogens is 222 g/mol. The van der Waals surface area contributed by atoms with Crippen LogP contribution in [0, 0.1) is 6.92 Å². The van der Waals surface area contributed by atoms with Crippen LogP contribution >= 0.6 is 0 Å². The molecule has 0 radical (unpaired) electrons. The second-order valence-corrected chi connectivity index (χ2v) is 3.68. The predicted octanol–water partition coefficient (Wildman–Crippen LogP) is 0.488. The Labute approximate surface area is 98.9 Å². The summed E-state index contributed by atoms with van der Waals surface area (Å²) < 4.78 is 1.41. The first-order valence-electron chi connectivity index (χ1n) is 5.11. The highest BCUT2D eigenvalue weighted by Crippen LogP contribution is 2.03. The van der Waals surface area contributed by atoms with E-state index in [1.807, 2.05) is 0 Å². The molecule has 0 aliphatic heterocycles. The number of rotatable bonds is 5. The summed E-state index contributed by atoms with van der Waals surface area (Å²) in [5.41, 5.74) is 1.03. The lowest BCUT2D eigenvalue weighted by Gasteiger charge is -2.12. The monoisotopic (exact) mass is 237 g/mol. The zero-order chi connectivity index (χ0) is 13.0. The number of nitrogens with zero attached hydrogens (tertiary/aromatic N) is 2. The Morgan fingerprint density at radius 1 is 1.71 bits per heavy atom. The second kappa shape index (κ2) is 5.29. The van der Waals surface area contributed by atoms with Crippen LogP contribution in [0.3, 0.4) is 0 Å². The number of aliphatic carboxylic acids is 1. The molecule has 1 aromatic heterocycles. The molecule has 6 heteroatoms. The molecule has 0 saturated carbocycles. The smallest absolute Gasteiger partial charge is 0.326 e. The molecule has 1 amide bonds. The highest BCUT2D eigenvalue weighted by molar-refractivity contribution is 5.95. The summed E-state index contributed by atoms with van der Waals surface area (Å²) in [5, 5.41) is 15.3. The molecular formula is C11H15N3O3. The summed E-state index contributed by atoms with van der Waals surface area (Å²) in [6.45, 7) is 5.21. The molecule has 6 nitrogen and oxygen atoms in total. The molecule has 1 aromatic rings. The van der Waals surface area contributed by atoms with Crippen molar-refractivity contribution in [2.75, 3.05) is 0 Å². The molecule has 0 bridgehead atoms. The number of carbonyl (C=O) groups excluding carboxylic acids is 1. The molecule has 1 heterocycles. The van der Waals surface area contributed by atoms with E-state index in [0.29, 0.717) is 11.4 Å². The van der Waals surface area contributed by atoms with Crippen LogP contribution in [0.1, 0.15) is 22.6 Å². The van der Waals surface area contributed by atoms with Crippen LogP contribution in [0.4, 0.5) is 0 Å². The number of hydrogen-bond acceptors (Lipinski definition) is 3. The Balaban J connectivity index is 2.80. The van der Waals surface area contributed by atoms with E-state index in [-0.39, 0.29) is 6.42 Å². The fourth-order valence-corrected chi connectivity index (χ4v) is 1.44. The van der Waals surface area contributed by atoms with Crippen molar-refractivity contribution in [2.45, 2.75) is 19.4 Å². The van der Waals surface area contributed by atoms with Gasteiger partial charge in [0.2, 0.25) is 0 Å². The van der Waals surface area contributed by atoms with Gasteiger partial charge in [-0.15, -0.1) is 6.58 Å². The van der Waals surface area contributed by atoms with Gasteiger partial charge in [-0.1, -0.05) is 6.08 Å². The van der Waals surface area contributed by atoms with E-state index < -0.39 is 17.9 Å². The van der Waals surface area contributed by atoms with Gasteiger partial charge in [-0.2, -0.15) is 5.10 Å². The van der Waals surface area contributed by atoms with Crippen LogP contribution in [-0.4, -0.2) is 32.8 Å². The minimum Gasteiger partial charge on any atom is -0.480 e. The summed E-state index contributed by atoms with van der Waals surface area (Å²) in [5.74, 6) is -1.54. The molecule has 1 unspecified atom stereocenters. The van der Waals surface area contributed by atoms with Gasteiger partial charge in [-0.25, -0.2) is 4.79 Å². The molecule has 0 aromatic carbocycles. The minimum absolute atomic E-state index is 0.178. The van der Waals surface area contributed by atoms with Gasteiger partial charge in [-0.3, -0.25) is 9.48 Å². The number of aromatic nitrogens is 2. The van der Waals surface area contributed by atoms with Crippen molar-refractivity contribution in [1.82, 2.24) is 15.1 Å². The summed E-state index contributed by atoms with van der Waals surface area (Å²) in [4.78, 5) is 22.7. The van der Waals surface area contributed by atoms with Gasteiger partial charge in [0.1, 0.15) is 11.7 Å². The Kier molecular flexibility index (Phi) is 4.03. The number of amides is 1. The molecule has 2 N–H and O–H groups in total. The van der Waals surface area contributed by atoms with Crippen molar-refractivity contribution in [3.05, 3.63) is 30.1 Å². The number of hydrogen-bond donors (Lipinski definition) is 2. The maximum Gasteiger partial charge on any atom is 0.326 e. The summed E-state index contributed by atoms with van der Waals surface area (Å²) >= 11 is 0. The summed E-state index contributed by atoms with van der Waals surface area (Å²) in [6, 6.07) is 0.637. The lowest BCUT2D eigenvalue weighted by Crippen LogP contribution is -2.41. The van der Waals surface area contributed by atoms with Gasteiger partial charge < -0.3 is 10.4 Å². The quantitative estimate of drug-likeness (QED) is 0.730. The van der Waals surface area contributed by atoms with Crippen LogP contribution in [0.25, 0.3) is 0 Å². The fraction of sp³-hybridized carbons (Fsp3) is 0.364. The Bertz CT molecular complexity index is 451. The average Bonchev–Trinajstić information content (AvgIpc) is 2.57. The largest absolute Gasteiger partial charge is 0.480 e. The molecule has 0 saturated heterocycles. The Hall–Kier alpha value is -2.11. The molecule has 92 valence electrons. The SMILES string of the molecule is C=CCC(NC(=O)c1cc(C)nn1C)C(=O)O. The lowest BCUT2D eigenvalue weighted by atomic mass is 10.2. The summed E-state index contributed by atoms with van der Waals surface area (Å²) in [6.07, 6.45) is 1.63. The van der Waals surface area contributed by atoms with Crippen molar-refractivity contribution in [3.8, 4) is 0 Å². The van der Waals surface area contributed by atoms with E-state index in [2.05, 4.69) is 17.0 Å².